The van der Waals surface area contributed by atoms with E-state index in [1.165, 1.54) is 27.5 Å². The minimum Gasteiger partial charge on any atom is -0.335 e. The molecular formula is C20H23N5O2S. The van der Waals surface area contributed by atoms with E-state index in [2.05, 4.69) is 34.5 Å². The molecule has 1 amide bonds. The molecule has 1 atom stereocenters. The Morgan fingerprint density at radius 1 is 1.18 bits per heavy atom. The number of aryl methyl sites for hydroxylation is 4. The van der Waals surface area contributed by atoms with Gasteiger partial charge in [0.2, 0.25) is 16.0 Å². The molecule has 1 aliphatic heterocycles. The summed E-state index contributed by atoms with van der Waals surface area (Å²) < 4.78 is 1.31. The summed E-state index contributed by atoms with van der Waals surface area (Å²) in [5, 5.41) is 8.20. The molecule has 2 aromatic heterocycles. The van der Waals surface area contributed by atoms with E-state index in [4.69, 9.17) is 0 Å². The fourth-order valence-electron chi connectivity index (χ4n) is 3.88. The van der Waals surface area contributed by atoms with Crippen LogP contribution in [0.5, 0.6) is 0 Å². The van der Waals surface area contributed by atoms with Gasteiger partial charge in [-0.2, -0.15) is 4.52 Å². The number of rotatable bonds is 3. The SMILES string of the molecule is Cc1cc(C)c(NC(=O)C2CCCN2c2nn3c(=O)cc(C)nc3s2)c(C)c1. The average Bonchev–Trinajstić information content (AvgIpc) is 3.24. The zero-order valence-electron chi connectivity index (χ0n) is 16.4. The summed E-state index contributed by atoms with van der Waals surface area (Å²) in [5.41, 5.74) is 4.64. The molecule has 7 nitrogen and oxygen atoms in total. The zero-order chi connectivity index (χ0) is 20.0. The van der Waals surface area contributed by atoms with Crippen molar-refractivity contribution in [1.29, 1.82) is 0 Å². The van der Waals surface area contributed by atoms with Crippen LogP contribution in [0.15, 0.2) is 23.0 Å². The van der Waals surface area contributed by atoms with Crippen molar-refractivity contribution >= 4 is 33.0 Å². The molecule has 0 radical (unpaired) electrons. The Labute approximate surface area is 167 Å². The number of carbonyl (C=O) groups excluding carboxylic acids is 1. The number of nitrogens with zero attached hydrogens (tertiary/aromatic N) is 4. The maximum atomic E-state index is 13.1. The smallest absolute Gasteiger partial charge is 0.275 e. The predicted molar refractivity (Wildman–Crippen MR) is 112 cm³/mol. The molecule has 1 saturated heterocycles. The largest absolute Gasteiger partial charge is 0.335 e. The lowest BCUT2D eigenvalue weighted by Crippen LogP contribution is -2.40. The Hall–Kier alpha value is -2.74. The molecule has 1 N–H and O–H groups in total. The molecule has 1 fully saturated rings. The molecule has 1 unspecified atom stereocenters. The highest BCUT2D eigenvalue weighted by atomic mass is 32.1. The number of carbonyl (C=O) groups is 1. The van der Waals surface area contributed by atoms with Crippen LogP contribution in [-0.4, -0.2) is 33.1 Å². The second kappa shape index (κ2) is 7.01. The summed E-state index contributed by atoms with van der Waals surface area (Å²) in [7, 11) is 0. The van der Waals surface area contributed by atoms with Gasteiger partial charge in [-0.15, -0.1) is 5.10 Å². The third-order valence-electron chi connectivity index (χ3n) is 5.09. The van der Waals surface area contributed by atoms with Gasteiger partial charge in [0.1, 0.15) is 6.04 Å². The van der Waals surface area contributed by atoms with Crippen LogP contribution in [0.4, 0.5) is 10.8 Å². The van der Waals surface area contributed by atoms with E-state index in [1.807, 2.05) is 18.7 Å². The average molecular weight is 398 g/mol. The van der Waals surface area contributed by atoms with E-state index in [0.717, 1.165) is 36.2 Å². The number of aromatic nitrogens is 3. The van der Waals surface area contributed by atoms with Gasteiger partial charge in [-0.05, 0) is 51.7 Å². The normalized spacial score (nSPS) is 16.7. The summed E-state index contributed by atoms with van der Waals surface area (Å²) in [6, 6.07) is 5.30. The Morgan fingerprint density at radius 2 is 1.89 bits per heavy atom. The monoisotopic (exact) mass is 397 g/mol. The second-order valence-electron chi connectivity index (χ2n) is 7.43. The minimum absolute atomic E-state index is 0.0386. The fraction of sp³-hybridized carbons (Fsp3) is 0.400. The van der Waals surface area contributed by atoms with Crippen molar-refractivity contribution in [1.82, 2.24) is 14.6 Å². The van der Waals surface area contributed by atoms with E-state index < -0.39 is 0 Å². The summed E-state index contributed by atoms with van der Waals surface area (Å²) in [5.74, 6) is -0.0386. The molecule has 146 valence electrons. The molecule has 0 bridgehead atoms. The number of hydrogen-bond donors (Lipinski definition) is 1. The molecule has 3 aromatic rings. The number of fused-ring (bicyclic) bond motifs is 1. The first kappa shape index (κ1) is 18.6. The molecule has 28 heavy (non-hydrogen) atoms. The fourth-order valence-corrected chi connectivity index (χ4v) is 4.91. The third kappa shape index (κ3) is 3.28. The van der Waals surface area contributed by atoms with Gasteiger partial charge < -0.3 is 10.2 Å². The summed E-state index contributed by atoms with van der Waals surface area (Å²) in [6.45, 7) is 8.59. The lowest BCUT2D eigenvalue weighted by Gasteiger charge is -2.23. The van der Waals surface area contributed by atoms with Crippen LogP contribution >= 0.6 is 11.3 Å². The summed E-state index contributed by atoms with van der Waals surface area (Å²) in [6.07, 6.45) is 1.66. The van der Waals surface area contributed by atoms with Crippen LogP contribution in [-0.2, 0) is 4.79 Å². The zero-order valence-corrected chi connectivity index (χ0v) is 17.3. The number of amides is 1. The van der Waals surface area contributed by atoms with Crippen molar-refractivity contribution in [2.75, 3.05) is 16.8 Å². The molecule has 0 aliphatic carbocycles. The molecule has 4 rings (SSSR count). The van der Waals surface area contributed by atoms with Crippen molar-refractivity contribution in [2.45, 2.75) is 46.6 Å². The van der Waals surface area contributed by atoms with Gasteiger partial charge in [0.15, 0.2) is 0 Å². The van der Waals surface area contributed by atoms with E-state index in [1.54, 1.807) is 6.92 Å². The second-order valence-corrected chi connectivity index (χ2v) is 8.36. The lowest BCUT2D eigenvalue weighted by molar-refractivity contribution is -0.117. The van der Waals surface area contributed by atoms with Gasteiger partial charge in [0.25, 0.3) is 5.56 Å². The van der Waals surface area contributed by atoms with Crippen molar-refractivity contribution < 1.29 is 4.79 Å². The Kier molecular flexibility index (Phi) is 4.66. The van der Waals surface area contributed by atoms with Crippen molar-refractivity contribution in [3.8, 4) is 0 Å². The Morgan fingerprint density at radius 3 is 2.61 bits per heavy atom. The van der Waals surface area contributed by atoms with Crippen LogP contribution in [0.2, 0.25) is 0 Å². The molecule has 0 saturated carbocycles. The molecule has 1 aliphatic rings. The van der Waals surface area contributed by atoms with Crippen LogP contribution in [0.1, 0.15) is 35.2 Å². The quantitative estimate of drug-likeness (QED) is 0.735. The molecule has 3 heterocycles. The highest BCUT2D eigenvalue weighted by Gasteiger charge is 2.33. The Balaban J connectivity index is 1.63. The number of benzene rings is 1. The number of anilines is 2. The first-order valence-electron chi connectivity index (χ1n) is 9.36. The molecule has 1 aromatic carbocycles. The van der Waals surface area contributed by atoms with Crippen LogP contribution in [0.3, 0.4) is 0 Å². The highest BCUT2D eigenvalue weighted by molar-refractivity contribution is 7.20. The van der Waals surface area contributed by atoms with Gasteiger partial charge in [-0.1, -0.05) is 29.0 Å². The van der Waals surface area contributed by atoms with E-state index in [-0.39, 0.29) is 17.5 Å². The van der Waals surface area contributed by atoms with Crippen molar-refractivity contribution in [3.05, 3.63) is 50.9 Å². The molecular weight excluding hydrogens is 374 g/mol. The molecule has 0 spiro atoms. The number of nitrogens with one attached hydrogen (secondary N) is 1. The predicted octanol–water partition coefficient (Wildman–Crippen LogP) is 2.99. The molecule has 8 heteroatoms. The van der Waals surface area contributed by atoms with Gasteiger partial charge in [-0.25, -0.2) is 4.98 Å². The maximum Gasteiger partial charge on any atom is 0.275 e. The van der Waals surface area contributed by atoms with E-state index in [0.29, 0.717) is 15.8 Å². The van der Waals surface area contributed by atoms with E-state index in [9.17, 15) is 9.59 Å². The topological polar surface area (TPSA) is 79.6 Å². The third-order valence-corrected chi connectivity index (χ3v) is 6.03. The van der Waals surface area contributed by atoms with Gasteiger partial charge in [0.05, 0.1) is 0 Å². The van der Waals surface area contributed by atoms with Crippen molar-refractivity contribution in [3.63, 3.8) is 0 Å². The Bertz CT molecular complexity index is 1110. The number of hydrogen-bond acceptors (Lipinski definition) is 6. The van der Waals surface area contributed by atoms with Gasteiger partial charge in [0, 0.05) is 24.0 Å². The highest BCUT2D eigenvalue weighted by Crippen LogP contribution is 2.30. The van der Waals surface area contributed by atoms with Gasteiger partial charge in [-0.3, -0.25) is 9.59 Å². The summed E-state index contributed by atoms with van der Waals surface area (Å²) in [4.78, 5) is 32.1. The standard InChI is InChI=1S/C20H23N5O2S/c1-11-8-12(2)17(13(3)9-11)22-18(27)15-6-5-7-24(15)20-23-25-16(26)10-14(4)21-19(25)28-20/h8-10,15H,5-7H2,1-4H3,(H,22,27). The first-order valence-corrected chi connectivity index (χ1v) is 10.2. The lowest BCUT2D eigenvalue weighted by atomic mass is 10.0. The maximum absolute atomic E-state index is 13.1. The summed E-state index contributed by atoms with van der Waals surface area (Å²) >= 11 is 1.35. The first-order chi connectivity index (χ1) is 13.3. The van der Waals surface area contributed by atoms with E-state index >= 15 is 0 Å². The van der Waals surface area contributed by atoms with Gasteiger partial charge >= 0.3 is 0 Å². The van der Waals surface area contributed by atoms with Crippen molar-refractivity contribution in [2.24, 2.45) is 0 Å². The van der Waals surface area contributed by atoms with Crippen LogP contribution < -0.4 is 15.8 Å². The van der Waals surface area contributed by atoms with Crippen LogP contribution in [0, 0.1) is 27.7 Å². The minimum atomic E-state index is -0.308. The van der Waals surface area contributed by atoms with Crippen LogP contribution in [0.25, 0.3) is 4.96 Å².